The molecule has 0 bridgehead atoms. The maximum atomic E-state index is 5.78. The predicted octanol–water partition coefficient (Wildman–Crippen LogP) is 4.01. The number of benzene rings is 2. The number of hydrogen-bond donors (Lipinski definition) is 2. The molecule has 0 fully saturated rings. The number of nitrogen functional groups attached to an aromatic ring is 1. The van der Waals surface area contributed by atoms with Gasteiger partial charge in [-0.2, -0.15) is 0 Å². The average Bonchev–Trinajstić information content (AvgIpc) is 2.43. The minimum Gasteiger partial charge on any atom is -0.399 e. The molecule has 0 aliphatic carbocycles. The van der Waals surface area contributed by atoms with Crippen LogP contribution in [0.3, 0.4) is 0 Å². The Morgan fingerprint density at radius 3 is 2.10 bits per heavy atom. The fraction of sp³-hybridized carbons (Fsp3) is 0.333. The van der Waals surface area contributed by atoms with Crippen LogP contribution in [0.2, 0.25) is 0 Å². The third-order valence-electron chi connectivity index (χ3n) is 3.84. The summed E-state index contributed by atoms with van der Waals surface area (Å²) in [6.07, 6.45) is 0. The van der Waals surface area contributed by atoms with Gasteiger partial charge in [-0.1, -0.05) is 44.2 Å². The third-order valence-corrected chi connectivity index (χ3v) is 3.84. The van der Waals surface area contributed by atoms with E-state index in [4.69, 9.17) is 5.73 Å². The molecule has 0 saturated heterocycles. The Morgan fingerprint density at radius 1 is 0.950 bits per heavy atom. The van der Waals surface area contributed by atoms with Gasteiger partial charge in [-0.3, -0.25) is 0 Å². The molecule has 106 valence electrons. The lowest BCUT2D eigenvalue weighted by Crippen LogP contribution is -2.19. The minimum absolute atomic E-state index is 0.203. The molecule has 0 aliphatic heterocycles. The molecule has 2 heteroatoms. The average molecular weight is 268 g/mol. The number of aryl methyl sites for hydroxylation is 1. The molecule has 2 aromatic carbocycles. The Balaban J connectivity index is 2.45. The van der Waals surface area contributed by atoms with Gasteiger partial charge in [-0.15, -0.1) is 0 Å². The van der Waals surface area contributed by atoms with Crippen molar-refractivity contribution in [3.63, 3.8) is 0 Å². The summed E-state index contributed by atoms with van der Waals surface area (Å²) in [5.41, 5.74) is 11.8. The van der Waals surface area contributed by atoms with Crippen molar-refractivity contribution in [2.24, 2.45) is 0 Å². The molecule has 3 N–H and O–H groups in total. The summed E-state index contributed by atoms with van der Waals surface area (Å²) < 4.78 is 0. The molecule has 0 aliphatic rings. The van der Waals surface area contributed by atoms with Crippen LogP contribution in [0.1, 0.15) is 48.1 Å². The predicted molar refractivity (Wildman–Crippen MR) is 87.0 cm³/mol. The van der Waals surface area contributed by atoms with Crippen molar-refractivity contribution in [2.45, 2.75) is 32.7 Å². The first-order valence-corrected chi connectivity index (χ1v) is 7.16. The largest absolute Gasteiger partial charge is 0.399 e. The second-order valence-electron chi connectivity index (χ2n) is 5.66. The van der Waals surface area contributed by atoms with Crippen LogP contribution < -0.4 is 11.1 Å². The molecule has 0 radical (unpaired) electrons. The van der Waals surface area contributed by atoms with Crippen molar-refractivity contribution < 1.29 is 0 Å². The molecule has 0 amide bonds. The molecular weight excluding hydrogens is 244 g/mol. The Kier molecular flexibility index (Phi) is 4.46. The zero-order valence-corrected chi connectivity index (χ0v) is 12.8. The number of anilines is 1. The zero-order chi connectivity index (χ0) is 14.7. The highest BCUT2D eigenvalue weighted by atomic mass is 14.9. The van der Waals surface area contributed by atoms with E-state index in [9.17, 15) is 0 Å². The van der Waals surface area contributed by atoms with Gasteiger partial charge in [0.1, 0.15) is 0 Å². The molecule has 2 aromatic rings. The van der Waals surface area contributed by atoms with Crippen LogP contribution in [0.25, 0.3) is 0 Å². The van der Waals surface area contributed by atoms with Gasteiger partial charge in [0.15, 0.2) is 0 Å². The number of nitrogens with two attached hydrogens (primary N) is 1. The third kappa shape index (κ3) is 3.02. The molecular formula is C18H24N2. The Morgan fingerprint density at radius 2 is 1.55 bits per heavy atom. The summed E-state index contributed by atoms with van der Waals surface area (Å²) in [6, 6.07) is 15.1. The van der Waals surface area contributed by atoms with Gasteiger partial charge in [0.25, 0.3) is 0 Å². The topological polar surface area (TPSA) is 38.0 Å². The first-order chi connectivity index (χ1) is 9.52. The molecule has 0 aromatic heterocycles. The van der Waals surface area contributed by atoms with Crippen LogP contribution in [-0.4, -0.2) is 7.05 Å². The number of hydrogen-bond acceptors (Lipinski definition) is 2. The summed E-state index contributed by atoms with van der Waals surface area (Å²) in [7, 11) is 2.00. The van der Waals surface area contributed by atoms with E-state index in [0.29, 0.717) is 5.92 Å². The summed E-state index contributed by atoms with van der Waals surface area (Å²) in [4.78, 5) is 0. The summed E-state index contributed by atoms with van der Waals surface area (Å²) in [5.74, 6) is 0.540. The first-order valence-electron chi connectivity index (χ1n) is 7.16. The van der Waals surface area contributed by atoms with Crippen molar-refractivity contribution in [3.05, 3.63) is 64.7 Å². The summed E-state index contributed by atoms with van der Waals surface area (Å²) >= 11 is 0. The highest BCUT2D eigenvalue weighted by Gasteiger charge is 2.15. The second-order valence-corrected chi connectivity index (χ2v) is 5.66. The van der Waals surface area contributed by atoms with Crippen LogP contribution in [0.5, 0.6) is 0 Å². The van der Waals surface area contributed by atoms with Gasteiger partial charge >= 0.3 is 0 Å². The lowest BCUT2D eigenvalue weighted by atomic mass is 9.91. The number of nitrogens with one attached hydrogen (secondary N) is 1. The molecule has 1 atom stereocenters. The van der Waals surface area contributed by atoms with Crippen LogP contribution >= 0.6 is 0 Å². The van der Waals surface area contributed by atoms with E-state index in [1.54, 1.807) is 0 Å². The summed E-state index contributed by atoms with van der Waals surface area (Å²) in [5, 5.41) is 3.42. The smallest absolute Gasteiger partial charge is 0.0577 e. The lowest BCUT2D eigenvalue weighted by Gasteiger charge is -2.21. The standard InChI is InChI=1S/C18H24N2/c1-12(2)15-6-5-13(3)17(11-15)18(20-4)14-7-9-16(19)10-8-14/h5-12,18,20H,19H2,1-4H3. The maximum absolute atomic E-state index is 5.78. The Bertz CT molecular complexity index is 570. The molecule has 2 nitrogen and oxygen atoms in total. The van der Waals surface area contributed by atoms with Gasteiger partial charge in [-0.25, -0.2) is 0 Å². The fourth-order valence-electron chi connectivity index (χ4n) is 2.52. The van der Waals surface area contributed by atoms with Crippen LogP contribution in [0.4, 0.5) is 5.69 Å². The molecule has 1 unspecified atom stereocenters. The molecule has 0 saturated carbocycles. The minimum atomic E-state index is 0.203. The van der Waals surface area contributed by atoms with E-state index < -0.39 is 0 Å². The molecule has 0 spiro atoms. The molecule has 2 rings (SSSR count). The monoisotopic (exact) mass is 268 g/mol. The fourth-order valence-corrected chi connectivity index (χ4v) is 2.52. The maximum Gasteiger partial charge on any atom is 0.0577 e. The van der Waals surface area contributed by atoms with E-state index in [0.717, 1.165) is 5.69 Å². The van der Waals surface area contributed by atoms with Crippen molar-refractivity contribution in [3.8, 4) is 0 Å². The van der Waals surface area contributed by atoms with E-state index in [2.05, 4.69) is 56.4 Å². The van der Waals surface area contributed by atoms with Gasteiger partial charge in [0, 0.05) is 5.69 Å². The van der Waals surface area contributed by atoms with Crippen molar-refractivity contribution in [1.82, 2.24) is 5.32 Å². The highest BCUT2D eigenvalue weighted by molar-refractivity contribution is 5.45. The van der Waals surface area contributed by atoms with E-state index in [1.165, 1.54) is 22.3 Å². The van der Waals surface area contributed by atoms with Crippen LogP contribution in [0, 0.1) is 6.92 Å². The SMILES string of the molecule is CNC(c1ccc(N)cc1)c1cc(C(C)C)ccc1C. The lowest BCUT2D eigenvalue weighted by molar-refractivity contribution is 0.685. The Labute approximate surface area is 122 Å². The first kappa shape index (κ1) is 14.6. The van der Waals surface area contributed by atoms with Gasteiger partial charge < -0.3 is 11.1 Å². The normalized spacial score (nSPS) is 12.7. The second kappa shape index (κ2) is 6.10. The van der Waals surface area contributed by atoms with Crippen molar-refractivity contribution in [1.29, 1.82) is 0 Å². The molecule has 20 heavy (non-hydrogen) atoms. The molecule has 0 heterocycles. The summed E-state index contributed by atoms with van der Waals surface area (Å²) in [6.45, 7) is 6.62. The van der Waals surface area contributed by atoms with Gasteiger partial charge in [-0.05, 0) is 54.3 Å². The van der Waals surface area contributed by atoms with Crippen molar-refractivity contribution >= 4 is 5.69 Å². The van der Waals surface area contributed by atoms with Crippen LogP contribution in [-0.2, 0) is 0 Å². The van der Waals surface area contributed by atoms with E-state index in [1.807, 2.05) is 19.2 Å². The Hall–Kier alpha value is -1.80. The van der Waals surface area contributed by atoms with Gasteiger partial charge in [0.05, 0.1) is 6.04 Å². The van der Waals surface area contributed by atoms with Crippen LogP contribution in [0.15, 0.2) is 42.5 Å². The van der Waals surface area contributed by atoms with Crippen molar-refractivity contribution in [2.75, 3.05) is 12.8 Å². The highest BCUT2D eigenvalue weighted by Crippen LogP contribution is 2.28. The van der Waals surface area contributed by atoms with Gasteiger partial charge in [0.2, 0.25) is 0 Å². The van der Waals surface area contributed by atoms with E-state index in [-0.39, 0.29) is 6.04 Å². The zero-order valence-electron chi connectivity index (χ0n) is 12.8. The quantitative estimate of drug-likeness (QED) is 0.822. The number of rotatable bonds is 4. The van der Waals surface area contributed by atoms with E-state index >= 15 is 0 Å².